The predicted octanol–water partition coefficient (Wildman–Crippen LogP) is 5.01. The van der Waals surface area contributed by atoms with Crippen LogP contribution in [-0.2, 0) is 6.42 Å². The molecule has 0 amide bonds. The molecule has 0 bridgehead atoms. The molecule has 0 atom stereocenters. The number of hydrogen-bond acceptors (Lipinski definition) is 0. The summed E-state index contributed by atoms with van der Waals surface area (Å²) in [6, 6.07) is 8.84. The minimum Gasteiger partial charge on any atom is -0.0736 e. The summed E-state index contributed by atoms with van der Waals surface area (Å²) in [5.74, 6) is 0. The Labute approximate surface area is 99.7 Å². The molecule has 0 heterocycles. The largest absolute Gasteiger partial charge is 0.0736 e. The quantitative estimate of drug-likeness (QED) is 0.618. The number of aryl methyl sites for hydroxylation is 1. The van der Waals surface area contributed by atoms with E-state index in [4.69, 9.17) is 0 Å². The van der Waals surface area contributed by atoms with Crippen molar-refractivity contribution in [2.24, 2.45) is 0 Å². The Morgan fingerprint density at radius 2 is 1.62 bits per heavy atom. The van der Waals surface area contributed by atoms with Gasteiger partial charge >= 0.3 is 0 Å². The van der Waals surface area contributed by atoms with Gasteiger partial charge < -0.3 is 0 Å². The zero-order valence-corrected chi connectivity index (χ0v) is 10.9. The van der Waals surface area contributed by atoms with E-state index < -0.39 is 0 Å². The van der Waals surface area contributed by atoms with Gasteiger partial charge in [0.25, 0.3) is 0 Å². The van der Waals surface area contributed by atoms with Crippen LogP contribution in [0.3, 0.4) is 0 Å². The first-order valence-corrected chi connectivity index (χ1v) is 6.10. The molecule has 86 valence electrons. The third-order valence-electron chi connectivity index (χ3n) is 2.99. The summed E-state index contributed by atoms with van der Waals surface area (Å²) in [6.07, 6.45) is 6.65. The Balaban J connectivity index is 2.83. The van der Waals surface area contributed by atoms with Crippen molar-refractivity contribution in [2.45, 2.75) is 40.5 Å². The standard InChI is InChI=1S/C16H22/c1-5-13(3)7-8-14(4)16-11-9-15(6-2)10-12-16/h7-12H,5-6H2,1-4H3/b13-7-,14-8+. The zero-order chi connectivity index (χ0) is 12.0. The van der Waals surface area contributed by atoms with Crippen molar-refractivity contribution in [1.29, 1.82) is 0 Å². The maximum Gasteiger partial charge on any atom is -0.0227 e. The van der Waals surface area contributed by atoms with Crippen LogP contribution in [0.2, 0.25) is 0 Å². The third kappa shape index (κ3) is 3.69. The molecule has 0 saturated carbocycles. The molecule has 0 saturated heterocycles. The summed E-state index contributed by atoms with van der Waals surface area (Å²) in [6.45, 7) is 8.71. The van der Waals surface area contributed by atoms with Gasteiger partial charge in [-0.15, -0.1) is 0 Å². The lowest BCUT2D eigenvalue weighted by Gasteiger charge is -2.02. The Bertz CT molecular complexity index is 377. The summed E-state index contributed by atoms with van der Waals surface area (Å²) in [5.41, 5.74) is 5.47. The van der Waals surface area contributed by atoms with Crippen molar-refractivity contribution in [3.63, 3.8) is 0 Å². The smallest absolute Gasteiger partial charge is 0.0227 e. The first kappa shape index (κ1) is 12.8. The molecular weight excluding hydrogens is 192 g/mol. The summed E-state index contributed by atoms with van der Waals surface area (Å²) in [7, 11) is 0. The normalized spacial score (nSPS) is 13.0. The fraction of sp³-hybridized carbons (Fsp3) is 0.375. The van der Waals surface area contributed by atoms with E-state index in [2.05, 4.69) is 64.1 Å². The van der Waals surface area contributed by atoms with Gasteiger partial charge in [-0.2, -0.15) is 0 Å². The minimum atomic E-state index is 1.11. The van der Waals surface area contributed by atoms with Gasteiger partial charge in [-0.3, -0.25) is 0 Å². The van der Waals surface area contributed by atoms with Gasteiger partial charge in [0.15, 0.2) is 0 Å². The molecule has 0 aromatic heterocycles. The molecule has 16 heavy (non-hydrogen) atoms. The first-order chi connectivity index (χ1) is 7.67. The summed E-state index contributed by atoms with van der Waals surface area (Å²) < 4.78 is 0. The van der Waals surface area contributed by atoms with Crippen molar-refractivity contribution in [3.05, 3.63) is 53.1 Å². The molecule has 0 spiro atoms. The second-order valence-electron chi connectivity index (χ2n) is 4.27. The maximum atomic E-state index is 2.21. The van der Waals surface area contributed by atoms with Crippen molar-refractivity contribution >= 4 is 5.57 Å². The lowest BCUT2D eigenvalue weighted by Crippen LogP contribution is -1.82. The molecule has 0 nitrogen and oxygen atoms in total. The SMILES string of the molecule is CC/C(C)=C\C=C(/C)c1ccc(CC)cc1. The molecule has 1 rings (SSSR count). The average molecular weight is 214 g/mol. The highest BCUT2D eigenvalue weighted by molar-refractivity contribution is 5.65. The van der Waals surface area contributed by atoms with Gasteiger partial charge in [-0.1, -0.05) is 55.8 Å². The highest BCUT2D eigenvalue weighted by atomic mass is 14.0. The number of rotatable bonds is 4. The number of hydrogen-bond donors (Lipinski definition) is 0. The van der Waals surface area contributed by atoms with E-state index >= 15 is 0 Å². The summed E-state index contributed by atoms with van der Waals surface area (Å²) in [4.78, 5) is 0. The summed E-state index contributed by atoms with van der Waals surface area (Å²) >= 11 is 0. The molecule has 1 aromatic carbocycles. The van der Waals surface area contributed by atoms with E-state index in [-0.39, 0.29) is 0 Å². The predicted molar refractivity (Wildman–Crippen MR) is 73.5 cm³/mol. The van der Waals surface area contributed by atoms with Crippen molar-refractivity contribution < 1.29 is 0 Å². The monoisotopic (exact) mass is 214 g/mol. The zero-order valence-electron chi connectivity index (χ0n) is 10.9. The minimum absolute atomic E-state index is 1.11. The van der Waals surface area contributed by atoms with Gasteiger partial charge in [0.05, 0.1) is 0 Å². The highest BCUT2D eigenvalue weighted by Gasteiger charge is 1.94. The van der Waals surface area contributed by atoms with Gasteiger partial charge in [-0.05, 0) is 43.4 Å². The van der Waals surface area contributed by atoms with E-state index in [1.54, 1.807) is 0 Å². The summed E-state index contributed by atoms with van der Waals surface area (Å²) in [5, 5.41) is 0. The Morgan fingerprint density at radius 3 is 2.12 bits per heavy atom. The van der Waals surface area contributed by atoms with Crippen molar-refractivity contribution in [3.8, 4) is 0 Å². The molecular formula is C16H22. The van der Waals surface area contributed by atoms with Gasteiger partial charge in [-0.25, -0.2) is 0 Å². The van der Waals surface area contributed by atoms with Crippen LogP contribution in [0.15, 0.2) is 42.0 Å². The van der Waals surface area contributed by atoms with Crippen LogP contribution in [0.1, 0.15) is 45.2 Å². The molecule has 0 aliphatic carbocycles. The number of allylic oxidation sites excluding steroid dienone is 4. The van der Waals surface area contributed by atoms with E-state index in [1.807, 2.05) is 0 Å². The lowest BCUT2D eigenvalue weighted by molar-refractivity contribution is 1.10. The lowest BCUT2D eigenvalue weighted by atomic mass is 10.0. The van der Waals surface area contributed by atoms with E-state index in [9.17, 15) is 0 Å². The van der Waals surface area contributed by atoms with Gasteiger partial charge in [0.1, 0.15) is 0 Å². The van der Waals surface area contributed by atoms with E-state index in [0.717, 1.165) is 12.8 Å². The molecule has 0 heteroatoms. The van der Waals surface area contributed by atoms with Crippen LogP contribution >= 0.6 is 0 Å². The molecule has 0 radical (unpaired) electrons. The van der Waals surface area contributed by atoms with Crippen LogP contribution in [0.5, 0.6) is 0 Å². The Morgan fingerprint density at radius 1 is 1.00 bits per heavy atom. The van der Waals surface area contributed by atoms with Crippen molar-refractivity contribution in [1.82, 2.24) is 0 Å². The fourth-order valence-electron chi connectivity index (χ4n) is 1.48. The van der Waals surface area contributed by atoms with Gasteiger partial charge in [0, 0.05) is 0 Å². The average Bonchev–Trinajstić information content (AvgIpc) is 2.35. The topological polar surface area (TPSA) is 0 Å². The van der Waals surface area contributed by atoms with Crippen LogP contribution in [-0.4, -0.2) is 0 Å². The first-order valence-electron chi connectivity index (χ1n) is 6.10. The van der Waals surface area contributed by atoms with Crippen LogP contribution in [0.25, 0.3) is 5.57 Å². The van der Waals surface area contributed by atoms with E-state index in [1.165, 1.54) is 22.3 Å². The van der Waals surface area contributed by atoms with Crippen LogP contribution in [0.4, 0.5) is 0 Å². The van der Waals surface area contributed by atoms with E-state index in [0.29, 0.717) is 0 Å². The van der Waals surface area contributed by atoms with Crippen LogP contribution in [0, 0.1) is 0 Å². The molecule has 0 unspecified atom stereocenters. The van der Waals surface area contributed by atoms with Crippen molar-refractivity contribution in [2.75, 3.05) is 0 Å². The third-order valence-corrected chi connectivity index (χ3v) is 2.99. The molecule has 0 aliphatic heterocycles. The fourth-order valence-corrected chi connectivity index (χ4v) is 1.48. The molecule has 0 aliphatic rings. The maximum absolute atomic E-state index is 2.21. The Kier molecular flexibility index (Phi) is 5.04. The second-order valence-corrected chi connectivity index (χ2v) is 4.27. The molecule has 0 N–H and O–H groups in total. The molecule has 0 fully saturated rings. The molecule has 1 aromatic rings. The highest BCUT2D eigenvalue weighted by Crippen LogP contribution is 2.15. The Hall–Kier alpha value is -1.30. The second kappa shape index (κ2) is 6.32. The number of benzene rings is 1. The van der Waals surface area contributed by atoms with Crippen LogP contribution < -0.4 is 0 Å². The van der Waals surface area contributed by atoms with Gasteiger partial charge in [0.2, 0.25) is 0 Å².